The van der Waals surface area contributed by atoms with Crippen molar-refractivity contribution in [2.24, 2.45) is 0 Å². The largest absolute Gasteiger partial charge is 0.295 e. The second kappa shape index (κ2) is 7.40. The minimum Gasteiger partial charge on any atom is -0.295 e. The van der Waals surface area contributed by atoms with Gasteiger partial charge in [0.2, 0.25) is 0 Å². The fraction of sp³-hybridized carbons (Fsp3) is 0.167. The number of thioether (sulfide) groups is 1. The summed E-state index contributed by atoms with van der Waals surface area (Å²) in [5.74, 6) is 0.0963. The van der Waals surface area contributed by atoms with Crippen molar-refractivity contribution in [1.29, 1.82) is 0 Å². The number of benzene rings is 1. The first-order valence-electron chi connectivity index (χ1n) is 7.88. The number of hydrazine groups is 1. The third-order valence-electron chi connectivity index (χ3n) is 3.64. The number of fused-ring (bicyclic) bond motifs is 1. The standard InChI is InChI=1S/C18H18N4O2S/c1-3-25-14-9-5-4-8-13(14)17(23)20-21-18(24)16-12(2)19-15-10-6-7-11-22(15)16/h4-11H,3H2,1-2H3,(H,20,23)(H,21,24). The van der Waals surface area contributed by atoms with Crippen LogP contribution in [0.4, 0.5) is 0 Å². The predicted octanol–water partition coefficient (Wildman–Crippen LogP) is 2.83. The van der Waals surface area contributed by atoms with Crippen LogP contribution < -0.4 is 10.9 Å². The molecule has 2 aromatic heterocycles. The Morgan fingerprint density at radius 3 is 2.60 bits per heavy atom. The Morgan fingerprint density at radius 1 is 1.08 bits per heavy atom. The van der Waals surface area contributed by atoms with E-state index in [1.807, 2.05) is 37.3 Å². The number of rotatable bonds is 4. The van der Waals surface area contributed by atoms with Crippen molar-refractivity contribution >= 4 is 29.2 Å². The van der Waals surface area contributed by atoms with Crippen molar-refractivity contribution in [3.05, 3.63) is 65.6 Å². The van der Waals surface area contributed by atoms with Crippen LogP contribution in [0.2, 0.25) is 0 Å². The van der Waals surface area contributed by atoms with Gasteiger partial charge in [-0.15, -0.1) is 11.8 Å². The Labute approximate surface area is 149 Å². The highest BCUT2D eigenvalue weighted by atomic mass is 32.2. The Balaban J connectivity index is 1.76. The van der Waals surface area contributed by atoms with Crippen molar-refractivity contribution in [2.45, 2.75) is 18.7 Å². The van der Waals surface area contributed by atoms with Gasteiger partial charge in [-0.2, -0.15) is 0 Å². The number of amides is 2. The highest BCUT2D eigenvalue weighted by molar-refractivity contribution is 7.99. The Hall–Kier alpha value is -2.80. The summed E-state index contributed by atoms with van der Waals surface area (Å²) in [5, 5.41) is 0. The second-order valence-electron chi connectivity index (χ2n) is 5.31. The molecule has 1 aromatic carbocycles. The number of nitrogens with one attached hydrogen (secondary N) is 2. The first-order chi connectivity index (χ1) is 12.1. The van der Waals surface area contributed by atoms with Crippen molar-refractivity contribution in [2.75, 3.05) is 5.75 Å². The molecule has 0 fully saturated rings. The number of carbonyl (C=O) groups excluding carboxylic acids is 2. The van der Waals surface area contributed by atoms with E-state index in [1.165, 1.54) is 0 Å². The van der Waals surface area contributed by atoms with E-state index in [0.29, 0.717) is 22.6 Å². The predicted molar refractivity (Wildman–Crippen MR) is 97.7 cm³/mol. The van der Waals surface area contributed by atoms with Gasteiger partial charge in [0.05, 0.1) is 11.3 Å². The molecular weight excluding hydrogens is 336 g/mol. The van der Waals surface area contributed by atoms with Crippen molar-refractivity contribution in [3.63, 3.8) is 0 Å². The van der Waals surface area contributed by atoms with Crippen molar-refractivity contribution in [1.82, 2.24) is 20.2 Å². The second-order valence-corrected chi connectivity index (χ2v) is 6.62. The molecule has 2 amide bonds. The normalized spacial score (nSPS) is 10.6. The van der Waals surface area contributed by atoms with Gasteiger partial charge in [0.25, 0.3) is 11.8 Å². The zero-order valence-electron chi connectivity index (χ0n) is 13.9. The average molecular weight is 354 g/mol. The van der Waals surface area contributed by atoms with Crippen LogP contribution in [0.3, 0.4) is 0 Å². The molecule has 128 valence electrons. The molecule has 0 aliphatic rings. The first-order valence-corrected chi connectivity index (χ1v) is 8.86. The summed E-state index contributed by atoms with van der Waals surface area (Å²) < 4.78 is 1.69. The summed E-state index contributed by atoms with van der Waals surface area (Å²) in [4.78, 5) is 30.1. The van der Waals surface area contributed by atoms with Crippen LogP contribution >= 0.6 is 11.8 Å². The topological polar surface area (TPSA) is 75.5 Å². The van der Waals surface area contributed by atoms with Crippen LogP contribution in [0.1, 0.15) is 33.5 Å². The highest BCUT2D eigenvalue weighted by Gasteiger charge is 2.18. The van der Waals surface area contributed by atoms with Gasteiger partial charge in [0, 0.05) is 11.1 Å². The lowest BCUT2D eigenvalue weighted by Gasteiger charge is -2.10. The van der Waals surface area contributed by atoms with Crippen LogP contribution in [0.15, 0.2) is 53.6 Å². The van der Waals surface area contributed by atoms with Gasteiger partial charge in [-0.25, -0.2) is 4.98 Å². The molecule has 2 heterocycles. The van der Waals surface area contributed by atoms with E-state index in [4.69, 9.17) is 0 Å². The lowest BCUT2D eigenvalue weighted by atomic mass is 10.2. The van der Waals surface area contributed by atoms with E-state index in [2.05, 4.69) is 15.8 Å². The Kier molecular flexibility index (Phi) is 5.04. The summed E-state index contributed by atoms with van der Waals surface area (Å²) in [6, 6.07) is 12.8. The molecule has 7 heteroatoms. The monoisotopic (exact) mass is 354 g/mol. The van der Waals surface area contributed by atoms with E-state index in [0.717, 1.165) is 10.6 Å². The molecule has 0 aliphatic heterocycles. The van der Waals surface area contributed by atoms with Crippen LogP contribution in [-0.4, -0.2) is 27.0 Å². The van der Waals surface area contributed by atoms with E-state index in [-0.39, 0.29) is 5.91 Å². The van der Waals surface area contributed by atoms with Crippen LogP contribution in [-0.2, 0) is 0 Å². The lowest BCUT2D eigenvalue weighted by Crippen LogP contribution is -2.42. The Bertz CT molecular complexity index is 936. The molecule has 0 saturated heterocycles. The average Bonchev–Trinajstić information content (AvgIpc) is 2.96. The van der Waals surface area contributed by atoms with E-state index >= 15 is 0 Å². The van der Waals surface area contributed by atoms with Crippen LogP contribution in [0, 0.1) is 6.92 Å². The number of aromatic nitrogens is 2. The third kappa shape index (κ3) is 3.51. The molecule has 3 aromatic rings. The molecule has 0 radical (unpaired) electrons. The van der Waals surface area contributed by atoms with Crippen LogP contribution in [0.25, 0.3) is 5.65 Å². The van der Waals surface area contributed by atoms with Gasteiger partial charge in [0.15, 0.2) is 0 Å². The molecule has 0 saturated carbocycles. The first kappa shape index (κ1) is 17.0. The molecule has 6 nitrogen and oxygen atoms in total. The molecule has 0 unspecified atom stereocenters. The molecule has 0 aliphatic carbocycles. The zero-order valence-corrected chi connectivity index (χ0v) is 14.8. The number of hydrogen-bond acceptors (Lipinski definition) is 4. The summed E-state index contributed by atoms with van der Waals surface area (Å²) in [7, 11) is 0. The SMILES string of the molecule is CCSc1ccccc1C(=O)NNC(=O)c1c(C)nc2ccccn12. The summed E-state index contributed by atoms with van der Waals surface area (Å²) in [5.41, 5.74) is 7.17. The highest BCUT2D eigenvalue weighted by Crippen LogP contribution is 2.22. The zero-order chi connectivity index (χ0) is 17.8. The maximum absolute atomic E-state index is 12.5. The minimum atomic E-state index is -0.412. The van der Waals surface area contributed by atoms with E-state index < -0.39 is 5.91 Å². The summed E-state index contributed by atoms with van der Waals surface area (Å²) in [6.45, 7) is 3.78. The van der Waals surface area contributed by atoms with Crippen LogP contribution in [0.5, 0.6) is 0 Å². The maximum atomic E-state index is 12.5. The van der Waals surface area contributed by atoms with Crippen molar-refractivity contribution < 1.29 is 9.59 Å². The maximum Gasteiger partial charge on any atom is 0.288 e. The molecule has 0 spiro atoms. The Morgan fingerprint density at radius 2 is 1.80 bits per heavy atom. The van der Waals surface area contributed by atoms with Gasteiger partial charge < -0.3 is 0 Å². The molecule has 25 heavy (non-hydrogen) atoms. The van der Waals surface area contributed by atoms with Gasteiger partial charge in [-0.3, -0.25) is 24.8 Å². The summed E-state index contributed by atoms with van der Waals surface area (Å²) in [6.07, 6.45) is 1.76. The lowest BCUT2D eigenvalue weighted by molar-refractivity contribution is 0.0841. The number of imidazole rings is 1. The fourth-order valence-electron chi connectivity index (χ4n) is 2.56. The molecule has 0 atom stereocenters. The molecule has 3 rings (SSSR count). The molecule has 0 bridgehead atoms. The van der Waals surface area contributed by atoms with Gasteiger partial charge >= 0.3 is 0 Å². The van der Waals surface area contributed by atoms with Gasteiger partial charge in [0.1, 0.15) is 11.3 Å². The van der Waals surface area contributed by atoms with E-state index in [9.17, 15) is 9.59 Å². The number of nitrogens with zero attached hydrogens (tertiary/aromatic N) is 2. The van der Waals surface area contributed by atoms with E-state index in [1.54, 1.807) is 41.4 Å². The molecular formula is C18H18N4O2S. The van der Waals surface area contributed by atoms with Gasteiger partial charge in [-0.05, 0) is 36.9 Å². The fourth-order valence-corrected chi connectivity index (χ4v) is 3.36. The minimum absolute atomic E-state index is 0.351. The quantitative estimate of drug-likeness (QED) is 0.558. The summed E-state index contributed by atoms with van der Waals surface area (Å²) >= 11 is 1.58. The third-order valence-corrected chi connectivity index (χ3v) is 4.60. The molecule has 2 N–H and O–H groups in total. The number of pyridine rings is 1. The number of aryl methyl sites for hydroxylation is 1. The smallest absolute Gasteiger partial charge is 0.288 e. The number of hydrogen-bond donors (Lipinski definition) is 2. The number of carbonyl (C=O) groups is 2. The van der Waals surface area contributed by atoms with Gasteiger partial charge in [-0.1, -0.05) is 25.1 Å². The van der Waals surface area contributed by atoms with Crippen molar-refractivity contribution in [3.8, 4) is 0 Å².